The van der Waals surface area contributed by atoms with Crippen LogP contribution in [0.15, 0.2) is 40.7 Å². The van der Waals surface area contributed by atoms with Crippen molar-refractivity contribution in [3.63, 3.8) is 0 Å². The Morgan fingerprint density at radius 3 is 2.74 bits per heavy atom. The molecule has 1 atom stereocenters. The fraction of sp³-hybridized carbons (Fsp3) is 0.478. The van der Waals surface area contributed by atoms with Gasteiger partial charge in [0.05, 0.1) is 18.9 Å². The lowest BCUT2D eigenvalue weighted by Crippen LogP contribution is -2.56. The number of nitrogens with one attached hydrogen (secondary N) is 1. The smallest absolute Gasteiger partial charge is 0.409 e. The summed E-state index contributed by atoms with van der Waals surface area (Å²) in [6, 6.07) is 9.64. The number of amides is 1. The topological polar surface area (TPSA) is 83.4 Å². The van der Waals surface area contributed by atoms with Gasteiger partial charge < -0.3 is 19.5 Å². The molecule has 0 bridgehead atoms. The lowest BCUT2D eigenvalue weighted by atomic mass is 9.89. The molecule has 0 aliphatic carbocycles. The molecule has 8 heteroatoms. The van der Waals surface area contributed by atoms with Gasteiger partial charge in [-0.15, -0.1) is 11.3 Å². The van der Waals surface area contributed by atoms with E-state index in [1.165, 1.54) is 0 Å². The molecule has 1 amide bonds. The lowest BCUT2D eigenvalue weighted by Gasteiger charge is -2.44. The summed E-state index contributed by atoms with van der Waals surface area (Å²) in [4.78, 5) is 20.2. The van der Waals surface area contributed by atoms with E-state index < -0.39 is 5.66 Å². The summed E-state index contributed by atoms with van der Waals surface area (Å²) < 4.78 is 10.8. The largest absolute Gasteiger partial charge is 0.504 e. The molecule has 2 aromatic rings. The maximum absolute atomic E-state index is 12.2. The number of carbonyl (C=O) groups is 1. The number of ether oxygens (including phenoxy) is 2. The molecule has 2 aliphatic heterocycles. The van der Waals surface area contributed by atoms with Gasteiger partial charge in [-0.25, -0.2) is 4.79 Å². The second kappa shape index (κ2) is 9.28. The Labute approximate surface area is 186 Å². The van der Waals surface area contributed by atoms with E-state index in [0.717, 1.165) is 16.2 Å². The minimum absolute atomic E-state index is 0.107. The predicted octanol–water partition coefficient (Wildman–Crippen LogP) is 4.32. The van der Waals surface area contributed by atoms with Crippen LogP contribution >= 0.6 is 11.3 Å². The molecule has 0 radical (unpaired) electrons. The van der Waals surface area contributed by atoms with Gasteiger partial charge in [-0.3, -0.25) is 10.3 Å². The first-order chi connectivity index (χ1) is 15.0. The van der Waals surface area contributed by atoms with Crippen molar-refractivity contribution in [1.29, 1.82) is 0 Å². The van der Waals surface area contributed by atoms with Crippen LogP contribution in [-0.4, -0.2) is 53.8 Å². The Hall–Kier alpha value is -2.58. The number of hydrogen-bond donors (Lipinski definition) is 2. The second-order valence-corrected chi connectivity index (χ2v) is 8.73. The Morgan fingerprint density at radius 2 is 2.06 bits per heavy atom. The number of rotatable bonds is 5. The third kappa shape index (κ3) is 4.55. The highest BCUT2D eigenvalue weighted by Crippen LogP contribution is 2.41. The normalized spacial score (nSPS) is 20.4. The fourth-order valence-corrected chi connectivity index (χ4v) is 5.04. The van der Waals surface area contributed by atoms with E-state index in [1.807, 2.05) is 32.0 Å². The number of benzene rings is 1. The number of piperidine rings is 1. The number of aromatic hydroxyl groups is 1. The second-order valence-electron chi connectivity index (χ2n) is 7.78. The third-order valence-corrected chi connectivity index (χ3v) is 6.74. The molecule has 166 valence electrons. The van der Waals surface area contributed by atoms with Gasteiger partial charge in [0.2, 0.25) is 0 Å². The number of nitrogens with zero attached hydrogens (tertiary/aromatic N) is 2. The van der Waals surface area contributed by atoms with Crippen LogP contribution in [0, 0.1) is 0 Å². The number of likely N-dealkylation sites (tertiary alicyclic amines) is 1. The molecule has 1 fully saturated rings. The predicted molar refractivity (Wildman–Crippen MR) is 121 cm³/mol. The molecule has 1 spiro atoms. The molecule has 1 unspecified atom stereocenters. The summed E-state index contributed by atoms with van der Waals surface area (Å²) in [5.41, 5.74) is 1.35. The molecular weight excluding hydrogens is 414 g/mol. The molecule has 4 rings (SSSR count). The van der Waals surface area contributed by atoms with Gasteiger partial charge >= 0.3 is 6.09 Å². The van der Waals surface area contributed by atoms with Gasteiger partial charge in [0.1, 0.15) is 5.66 Å². The Morgan fingerprint density at radius 1 is 1.26 bits per heavy atom. The first kappa shape index (κ1) is 21.6. The summed E-state index contributed by atoms with van der Waals surface area (Å²) >= 11 is 1.67. The van der Waals surface area contributed by atoms with E-state index in [4.69, 9.17) is 14.5 Å². The zero-order chi connectivity index (χ0) is 21.8. The highest BCUT2D eigenvalue weighted by molar-refractivity contribution is 7.12. The van der Waals surface area contributed by atoms with Crippen LogP contribution in [0.1, 0.15) is 49.6 Å². The first-order valence-electron chi connectivity index (χ1n) is 10.8. The summed E-state index contributed by atoms with van der Waals surface area (Å²) in [6.45, 7) is 5.73. The summed E-state index contributed by atoms with van der Waals surface area (Å²) in [6.07, 6.45) is 1.77. The van der Waals surface area contributed by atoms with Gasteiger partial charge in [0.25, 0.3) is 0 Å². The van der Waals surface area contributed by atoms with Crippen molar-refractivity contribution in [2.24, 2.45) is 4.99 Å². The van der Waals surface area contributed by atoms with E-state index in [-0.39, 0.29) is 17.9 Å². The van der Waals surface area contributed by atoms with Crippen LogP contribution in [-0.2, 0) is 4.74 Å². The molecule has 1 saturated heterocycles. The highest BCUT2D eigenvalue weighted by Gasteiger charge is 2.42. The average Bonchev–Trinajstić information content (AvgIpc) is 3.31. The van der Waals surface area contributed by atoms with Gasteiger partial charge in [0.15, 0.2) is 11.5 Å². The number of aliphatic imine (C=N–C) groups is 1. The Bertz CT molecular complexity index is 936. The van der Waals surface area contributed by atoms with Gasteiger partial charge in [-0.05, 0) is 31.4 Å². The van der Waals surface area contributed by atoms with Crippen molar-refractivity contribution in [2.45, 2.75) is 44.8 Å². The number of phenolic OH excluding ortho intramolecular Hbond substituents is 1. The van der Waals surface area contributed by atoms with Crippen molar-refractivity contribution in [3.8, 4) is 11.5 Å². The maximum Gasteiger partial charge on any atom is 0.409 e. The van der Waals surface area contributed by atoms with Crippen molar-refractivity contribution in [2.75, 3.05) is 26.3 Å². The summed E-state index contributed by atoms with van der Waals surface area (Å²) in [5.74, 6) is 0.668. The zero-order valence-corrected chi connectivity index (χ0v) is 18.8. The number of hydrogen-bond acceptors (Lipinski definition) is 7. The Balaban J connectivity index is 1.63. The number of thiophene rings is 1. The maximum atomic E-state index is 12.2. The minimum atomic E-state index is -0.487. The van der Waals surface area contributed by atoms with Crippen molar-refractivity contribution in [1.82, 2.24) is 10.2 Å². The van der Waals surface area contributed by atoms with Crippen LogP contribution < -0.4 is 10.1 Å². The van der Waals surface area contributed by atoms with Gasteiger partial charge in [-0.1, -0.05) is 18.2 Å². The lowest BCUT2D eigenvalue weighted by molar-refractivity contribution is 0.0778. The van der Waals surface area contributed by atoms with Crippen LogP contribution in [0.25, 0.3) is 0 Å². The Kier molecular flexibility index (Phi) is 6.48. The van der Waals surface area contributed by atoms with Gasteiger partial charge in [-0.2, -0.15) is 0 Å². The zero-order valence-electron chi connectivity index (χ0n) is 18.0. The van der Waals surface area contributed by atoms with Crippen molar-refractivity contribution in [3.05, 3.63) is 46.2 Å². The molecular formula is C23H29N3O4S. The van der Waals surface area contributed by atoms with E-state index in [2.05, 4.69) is 16.8 Å². The summed E-state index contributed by atoms with van der Waals surface area (Å²) in [7, 11) is 0. The standard InChI is InChI=1S/C23H29N3O4S/c1-3-29-19-8-5-7-16(21(19)27)17-15-18(20-9-6-14-31-20)25-23(24-17)10-12-26(13-11-23)22(28)30-4-2/h5-9,14,17,24,27H,3-4,10-13,15H2,1-2H3. The number of para-hydroxylation sites is 1. The first-order valence-corrected chi connectivity index (χ1v) is 11.7. The molecule has 7 nitrogen and oxygen atoms in total. The van der Waals surface area contributed by atoms with E-state index in [9.17, 15) is 9.90 Å². The highest BCUT2D eigenvalue weighted by atomic mass is 32.1. The van der Waals surface area contributed by atoms with Crippen LogP contribution in [0.2, 0.25) is 0 Å². The molecule has 0 saturated carbocycles. The molecule has 1 aromatic carbocycles. The minimum Gasteiger partial charge on any atom is -0.504 e. The fourth-order valence-electron chi connectivity index (χ4n) is 4.31. The molecule has 2 aliphatic rings. The average molecular weight is 444 g/mol. The SMILES string of the molecule is CCOC(=O)N1CCC2(CC1)N=C(c1cccs1)CC(c1cccc(OCC)c1O)N2. The summed E-state index contributed by atoms with van der Waals surface area (Å²) in [5, 5.41) is 16.6. The van der Waals surface area contributed by atoms with Crippen LogP contribution in [0.3, 0.4) is 0 Å². The number of carbonyl (C=O) groups excluding carboxylic acids is 1. The molecule has 31 heavy (non-hydrogen) atoms. The van der Waals surface area contributed by atoms with Gasteiger partial charge in [0, 0.05) is 48.8 Å². The molecule has 3 heterocycles. The van der Waals surface area contributed by atoms with Crippen LogP contribution in [0.4, 0.5) is 4.79 Å². The monoisotopic (exact) mass is 443 g/mol. The quantitative estimate of drug-likeness (QED) is 0.719. The van der Waals surface area contributed by atoms with E-state index in [0.29, 0.717) is 51.3 Å². The third-order valence-electron chi connectivity index (χ3n) is 5.82. The van der Waals surface area contributed by atoms with Crippen molar-refractivity contribution < 1.29 is 19.4 Å². The van der Waals surface area contributed by atoms with Crippen LogP contribution in [0.5, 0.6) is 11.5 Å². The van der Waals surface area contributed by atoms with E-state index >= 15 is 0 Å². The molecule has 1 aromatic heterocycles. The van der Waals surface area contributed by atoms with E-state index in [1.54, 1.807) is 22.3 Å². The number of phenols is 1. The van der Waals surface area contributed by atoms with Crippen molar-refractivity contribution >= 4 is 23.1 Å². The molecule has 2 N–H and O–H groups in total.